The Kier molecular flexibility index (Phi) is 5.36. The summed E-state index contributed by atoms with van der Waals surface area (Å²) in [6.07, 6.45) is 3.27. The molecule has 0 saturated carbocycles. The van der Waals surface area contributed by atoms with Crippen molar-refractivity contribution in [2.45, 2.75) is 0 Å². The van der Waals surface area contributed by atoms with Gasteiger partial charge in [0.05, 0.1) is 5.09 Å². The molecule has 0 aliphatic heterocycles. The topological polar surface area (TPSA) is 103 Å². The number of aryl methyl sites for hydroxylation is 1. The number of aromatic nitrogens is 1. The van der Waals surface area contributed by atoms with Crippen molar-refractivity contribution in [3.8, 4) is 0 Å². The van der Waals surface area contributed by atoms with Crippen LogP contribution in [0.15, 0.2) is 29.6 Å². The highest BCUT2D eigenvalue weighted by Crippen LogP contribution is 1.84. The third-order valence-electron chi connectivity index (χ3n) is 1.29. The van der Waals surface area contributed by atoms with Crippen molar-refractivity contribution >= 4 is 6.21 Å². The van der Waals surface area contributed by atoms with Crippen LogP contribution in [0, 0.1) is 15.3 Å². The van der Waals surface area contributed by atoms with Crippen molar-refractivity contribution in [3.05, 3.63) is 45.4 Å². The molecule has 0 spiro atoms. The highest BCUT2D eigenvalue weighted by Gasteiger charge is 1.98. The average Bonchev–Trinajstić information content (AvgIpc) is 2.08. The molecule has 1 rings (SSSR count). The van der Waals surface area contributed by atoms with E-state index in [9.17, 15) is 0 Å². The van der Waals surface area contributed by atoms with Gasteiger partial charge in [-0.1, -0.05) is 5.16 Å². The van der Waals surface area contributed by atoms with Gasteiger partial charge in [0, 0.05) is 12.1 Å². The van der Waals surface area contributed by atoms with Crippen LogP contribution in [-0.4, -0.2) is 16.5 Å². The van der Waals surface area contributed by atoms with Gasteiger partial charge in [-0.3, -0.25) is 0 Å². The number of hydrogen-bond donors (Lipinski definition) is 1. The summed E-state index contributed by atoms with van der Waals surface area (Å²) >= 11 is 0. The molecule has 0 atom stereocenters. The quantitative estimate of drug-likeness (QED) is 0.227. The van der Waals surface area contributed by atoms with Gasteiger partial charge in [-0.2, -0.15) is 0 Å². The molecule has 0 amide bonds. The van der Waals surface area contributed by atoms with Crippen LogP contribution in [0.2, 0.25) is 0 Å². The molecule has 1 N–H and O–H groups in total. The Morgan fingerprint density at radius 1 is 1.57 bits per heavy atom. The number of oxime groups is 1. The van der Waals surface area contributed by atoms with E-state index in [4.69, 9.17) is 20.5 Å². The van der Waals surface area contributed by atoms with E-state index in [1.807, 2.05) is 36.0 Å². The number of hydrogen-bond acceptors (Lipinski definition) is 5. The van der Waals surface area contributed by atoms with Gasteiger partial charge in [-0.05, 0) is 6.07 Å². The maximum absolute atomic E-state index is 8.25. The van der Waals surface area contributed by atoms with Gasteiger partial charge in [0.2, 0.25) is 5.69 Å². The summed E-state index contributed by atoms with van der Waals surface area (Å²) in [5, 5.41) is 25.9. The SMILES string of the molecule is C[n+]1ccccc1/C=N/O.O=[N+]([O-])[O-]. The first-order valence-corrected chi connectivity index (χ1v) is 3.51. The summed E-state index contributed by atoms with van der Waals surface area (Å²) < 4.78 is 1.86. The lowest BCUT2D eigenvalue weighted by Crippen LogP contribution is -2.32. The molecule has 7 nitrogen and oxygen atoms in total. The fourth-order valence-electron chi connectivity index (χ4n) is 0.730. The summed E-state index contributed by atoms with van der Waals surface area (Å²) in [5.41, 5.74) is 0.866. The van der Waals surface area contributed by atoms with Crippen LogP contribution in [-0.2, 0) is 7.05 Å². The molecular formula is C7H9N3O4. The van der Waals surface area contributed by atoms with Crippen LogP contribution in [0.25, 0.3) is 0 Å². The second kappa shape index (κ2) is 6.35. The van der Waals surface area contributed by atoms with E-state index in [2.05, 4.69) is 5.16 Å². The highest BCUT2D eigenvalue weighted by atomic mass is 16.9. The van der Waals surface area contributed by atoms with Crippen molar-refractivity contribution < 1.29 is 14.9 Å². The maximum atomic E-state index is 8.25. The predicted octanol–water partition coefficient (Wildman–Crippen LogP) is 0.0801. The smallest absolute Gasteiger partial charge is 0.226 e. The van der Waals surface area contributed by atoms with E-state index in [1.54, 1.807) is 0 Å². The molecule has 7 heteroatoms. The largest absolute Gasteiger partial charge is 0.411 e. The molecule has 0 aromatic carbocycles. The molecule has 0 aliphatic rings. The van der Waals surface area contributed by atoms with Crippen LogP contribution in [0.3, 0.4) is 0 Å². The van der Waals surface area contributed by atoms with Gasteiger partial charge < -0.3 is 20.5 Å². The van der Waals surface area contributed by atoms with Crippen LogP contribution in [0.4, 0.5) is 0 Å². The summed E-state index contributed by atoms with van der Waals surface area (Å²) in [7, 11) is 1.89. The summed E-state index contributed by atoms with van der Waals surface area (Å²) in [6.45, 7) is 0. The third kappa shape index (κ3) is 5.47. The zero-order valence-electron chi connectivity index (χ0n) is 7.40. The fourth-order valence-corrected chi connectivity index (χ4v) is 0.730. The molecule has 0 bridgehead atoms. The lowest BCUT2D eigenvalue weighted by Gasteiger charge is -1.88. The Bertz CT molecular complexity index is 322. The summed E-state index contributed by atoms with van der Waals surface area (Å²) in [5.74, 6) is 0. The Labute approximate surface area is 79.6 Å². The molecular weight excluding hydrogens is 190 g/mol. The second-order valence-corrected chi connectivity index (χ2v) is 2.20. The molecule has 0 saturated heterocycles. The maximum Gasteiger partial charge on any atom is 0.226 e. The van der Waals surface area contributed by atoms with Crippen molar-refractivity contribution in [1.82, 2.24) is 0 Å². The highest BCUT2D eigenvalue weighted by molar-refractivity contribution is 5.74. The van der Waals surface area contributed by atoms with E-state index >= 15 is 0 Å². The van der Waals surface area contributed by atoms with E-state index in [0.717, 1.165) is 5.69 Å². The van der Waals surface area contributed by atoms with Gasteiger partial charge in [0.15, 0.2) is 6.20 Å². The molecule has 1 aromatic heterocycles. The Balaban J connectivity index is 0.000000364. The number of pyridine rings is 1. The lowest BCUT2D eigenvalue weighted by molar-refractivity contribution is -0.672. The fraction of sp³-hybridized carbons (Fsp3) is 0.143. The third-order valence-corrected chi connectivity index (χ3v) is 1.29. The number of rotatable bonds is 1. The molecule has 14 heavy (non-hydrogen) atoms. The second-order valence-electron chi connectivity index (χ2n) is 2.20. The average molecular weight is 199 g/mol. The van der Waals surface area contributed by atoms with Gasteiger partial charge in [0.1, 0.15) is 13.3 Å². The van der Waals surface area contributed by atoms with Crippen LogP contribution in [0.1, 0.15) is 5.69 Å². The summed E-state index contributed by atoms with van der Waals surface area (Å²) in [6, 6.07) is 5.66. The number of nitrogens with zero attached hydrogens (tertiary/aromatic N) is 3. The van der Waals surface area contributed by atoms with Gasteiger partial charge in [-0.15, -0.1) is 0 Å². The first-order chi connectivity index (χ1) is 6.57. The van der Waals surface area contributed by atoms with Crippen LogP contribution in [0.5, 0.6) is 0 Å². The van der Waals surface area contributed by atoms with Crippen molar-refractivity contribution in [1.29, 1.82) is 0 Å². The molecule has 76 valence electrons. The Morgan fingerprint density at radius 3 is 2.57 bits per heavy atom. The zero-order chi connectivity index (χ0) is 11.0. The minimum atomic E-state index is -1.75. The van der Waals surface area contributed by atoms with Gasteiger partial charge in [0.25, 0.3) is 0 Å². The first kappa shape index (κ1) is 11.8. The van der Waals surface area contributed by atoms with Crippen LogP contribution >= 0.6 is 0 Å². The molecule has 1 aromatic rings. The zero-order valence-corrected chi connectivity index (χ0v) is 7.40. The monoisotopic (exact) mass is 199 g/mol. The molecule has 0 aliphatic carbocycles. The van der Waals surface area contributed by atoms with Crippen LogP contribution < -0.4 is 4.57 Å². The Hall–Kier alpha value is -2.18. The predicted molar refractivity (Wildman–Crippen MR) is 47.4 cm³/mol. The molecule has 0 radical (unpaired) electrons. The van der Waals surface area contributed by atoms with Crippen molar-refractivity contribution in [2.24, 2.45) is 12.2 Å². The minimum Gasteiger partial charge on any atom is -0.411 e. The van der Waals surface area contributed by atoms with E-state index < -0.39 is 5.09 Å². The van der Waals surface area contributed by atoms with E-state index in [0.29, 0.717) is 0 Å². The minimum absolute atomic E-state index is 0.866. The van der Waals surface area contributed by atoms with Gasteiger partial charge >= 0.3 is 0 Å². The molecule has 0 fully saturated rings. The summed E-state index contributed by atoms with van der Waals surface area (Å²) in [4.78, 5) is 8.25. The van der Waals surface area contributed by atoms with Gasteiger partial charge in [-0.25, -0.2) is 4.57 Å². The Morgan fingerprint density at radius 2 is 2.14 bits per heavy atom. The lowest BCUT2D eigenvalue weighted by atomic mass is 10.4. The standard InChI is InChI=1S/C7H8N2O.NO3/c1-9-5-3-2-4-7(9)6-8-10;2-1(3)4/h2-6H,1H3;/q;-1/p+1. The van der Waals surface area contributed by atoms with E-state index in [-0.39, 0.29) is 0 Å². The van der Waals surface area contributed by atoms with Crippen molar-refractivity contribution in [3.63, 3.8) is 0 Å². The van der Waals surface area contributed by atoms with E-state index in [1.165, 1.54) is 6.21 Å². The molecule has 1 heterocycles. The normalized spacial score (nSPS) is 9.21. The molecule has 0 unspecified atom stereocenters. The first-order valence-electron chi connectivity index (χ1n) is 3.51. The van der Waals surface area contributed by atoms with Crippen molar-refractivity contribution in [2.75, 3.05) is 0 Å².